The van der Waals surface area contributed by atoms with Gasteiger partial charge in [0.1, 0.15) is 0 Å². The normalized spacial score (nSPS) is 10.1. The van der Waals surface area contributed by atoms with E-state index in [4.69, 9.17) is 9.47 Å². The average Bonchev–Trinajstić information content (AvgIpc) is 2.50. The molecule has 1 heterocycles. The predicted molar refractivity (Wildman–Crippen MR) is 76.4 cm³/mol. The van der Waals surface area contributed by atoms with E-state index < -0.39 is 0 Å². The SMILES string of the molecule is CCOc1cccc(C=O)c1OCCc1ccncc1. The van der Waals surface area contributed by atoms with Crippen molar-refractivity contribution in [3.63, 3.8) is 0 Å². The number of aldehydes is 1. The van der Waals surface area contributed by atoms with E-state index in [9.17, 15) is 4.79 Å². The molecule has 1 aromatic carbocycles. The summed E-state index contributed by atoms with van der Waals surface area (Å²) in [7, 11) is 0. The van der Waals surface area contributed by atoms with E-state index in [1.165, 1.54) is 0 Å². The second-order valence-corrected chi connectivity index (χ2v) is 4.18. The molecule has 0 unspecified atom stereocenters. The smallest absolute Gasteiger partial charge is 0.171 e. The Morgan fingerprint density at radius 2 is 1.95 bits per heavy atom. The summed E-state index contributed by atoms with van der Waals surface area (Å²) in [6.45, 7) is 2.91. The Kier molecular flexibility index (Phi) is 5.12. The minimum absolute atomic E-state index is 0.481. The molecule has 0 amide bonds. The molecule has 0 radical (unpaired) electrons. The van der Waals surface area contributed by atoms with E-state index in [2.05, 4.69) is 4.98 Å². The van der Waals surface area contributed by atoms with Gasteiger partial charge in [-0.3, -0.25) is 9.78 Å². The van der Waals surface area contributed by atoms with Crippen LogP contribution in [0.25, 0.3) is 0 Å². The first-order valence-corrected chi connectivity index (χ1v) is 6.58. The zero-order chi connectivity index (χ0) is 14.2. The fourth-order valence-electron chi connectivity index (χ4n) is 1.87. The lowest BCUT2D eigenvalue weighted by Gasteiger charge is -2.13. The molecule has 4 heteroatoms. The molecule has 4 nitrogen and oxygen atoms in total. The molecule has 2 rings (SSSR count). The third kappa shape index (κ3) is 3.57. The van der Waals surface area contributed by atoms with Crippen LogP contribution in [0.1, 0.15) is 22.8 Å². The maximum atomic E-state index is 11.1. The third-order valence-electron chi connectivity index (χ3n) is 2.82. The maximum Gasteiger partial charge on any atom is 0.171 e. The Morgan fingerprint density at radius 3 is 2.65 bits per heavy atom. The molecule has 0 spiro atoms. The Morgan fingerprint density at radius 1 is 1.15 bits per heavy atom. The van der Waals surface area contributed by atoms with Crippen molar-refractivity contribution in [1.29, 1.82) is 0 Å². The number of aromatic nitrogens is 1. The van der Waals surface area contributed by atoms with Gasteiger partial charge in [0.2, 0.25) is 0 Å². The first-order chi connectivity index (χ1) is 9.85. The van der Waals surface area contributed by atoms with E-state index in [0.717, 1.165) is 18.3 Å². The van der Waals surface area contributed by atoms with E-state index >= 15 is 0 Å². The summed E-state index contributed by atoms with van der Waals surface area (Å²) < 4.78 is 11.2. The molecular formula is C16H17NO3. The fraction of sp³-hybridized carbons (Fsp3) is 0.250. The number of nitrogens with zero attached hydrogens (tertiary/aromatic N) is 1. The minimum atomic E-state index is 0.481. The molecule has 0 N–H and O–H groups in total. The summed E-state index contributed by atoms with van der Waals surface area (Å²) in [5, 5.41) is 0. The van der Waals surface area contributed by atoms with Crippen molar-refractivity contribution in [2.24, 2.45) is 0 Å². The van der Waals surface area contributed by atoms with Crippen molar-refractivity contribution < 1.29 is 14.3 Å². The number of ether oxygens (including phenoxy) is 2. The lowest BCUT2D eigenvalue weighted by Crippen LogP contribution is -2.05. The van der Waals surface area contributed by atoms with E-state index in [-0.39, 0.29) is 0 Å². The molecule has 104 valence electrons. The van der Waals surface area contributed by atoms with Crippen LogP contribution in [0.4, 0.5) is 0 Å². The Balaban J connectivity index is 2.06. The van der Waals surface area contributed by atoms with Gasteiger partial charge in [-0.1, -0.05) is 6.07 Å². The summed E-state index contributed by atoms with van der Waals surface area (Å²) in [5.41, 5.74) is 1.65. The fourth-order valence-corrected chi connectivity index (χ4v) is 1.87. The molecule has 20 heavy (non-hydrogen) atoms. The highest BCUT2D eigenvalue weighted by molar-refractivity contribution is 5.81. The molecule has 1 aromatic heterocycles. The first kappa shape index (κ1) is 14.1. The largest absolute Gasteiger partial charge is 0.490 e. The van der Waals surface area contributed by atoms with Crippen molar-refractivity contribution in [3.05, 3.63) is 53.9 Å². The van der Waals surface area contributed by atoms with Crippen LogP contribution in [0, 0.1) is 0 Å². The van der Waals surface area contributed by atoms with Crippen LogP contribution >= 0.6 is 0 Å². The zero-order valence-electron chi connectivity index (χ0n) is 11.4. The molecule has 0 atom stereocenters. The van der Waals surface area contributed by atoms with Gasteiger partial charge in [-0.05, 0) is 36.8 Å². The number of carbonyl (C=O) groups is 1. The second kappa shape index (κ2) is 7.28. The number of hydrogen-bond donors (Lipinski definition) is 0. The number of hydrogen-bond acceptors (Lipinski definition) is 4. The van der Waals surface area contributed by atoms with Gasteiger partial charge >= 0.3 is 0 Å². The summed E-state index contributed by atoms with van der Waals surface area (Å²) >= 11 is 0. The van der Waals surface area contributed by atoms with Gasteiger partial charge in [0.15, 0.2) is 17.8 Å². The quantitative estimate of drug-likeness (QED) is 0.726. The van der Waals surface area contributed by atoms with Crippen LogP contribution in [-0.2, 0) is 6.42 Å². The maximum absolute atomic E-state index is 11.1. The average molecular weight is 271 g/mol. The van der Waals surface area contributed by atoms with Crippen LogP contribution in [0.15, 0.2) is 42.7 Å². The lowest BCUT2D eigenvalue weighted by atomic mass is 10.2. The highest BCUT2D eigenvalue weighted by atomic mass is 16.5. The number of para-hydroxylation sites is 1. The van der Waals surface area contributed by atoms with Gasteiger partial charge in [0.05, 0.1) is 18.8 Å². The molecule has 0 fully saturated rings. The van der Waals surface area contributed by atoms with Crippen LogP contribution < -0.4 is 9.47 Å². The topological polar surface area (TPSA) is 48.4 Å². The van der Waals surface area contributed by atoms with Gasteiger partial charge in [-0.2, -0.15) is 0 Å². The molecule has 0 saturated heterocycles. The molecular weight excluding hydrogens is 254 g/mol. The molecule has 0 aliphatic heterocycles. The monoisotopic (exact) mass is 271 g/mol. The highest BCUT2D eigenvalue weighted by Crippen LogP contribution is 2.30. The van der Waals surface area contributed by atoms with E-state index in [1.807, 2.05) is 19.1 Å². The lowest BCUT2D eigenvalue weighted by molar-refractivity contribution is 0.111. The molecule has 0 bridgehead atoms. The predicted octanol–water partition coefficient (Wildman–Crippen LogP) is 2.91. The van der Waals surface area contributed by atoms with Gasteiger partial charge < -0.3 is 9.47 Å². The van der Waals surface area contributed by atoms with Gasteiger partial charge in [0, 0.05) is 18.8 Å². The van der Waals surface area contributed by atoms with Crippen LogP contribution in [0.5, 0.6) is 11.5 Å². The number of pyridine rings is 1. The van der Waals surface area contributed by atoms with Crippen molar-refractivity contribution in [1.82, 2.24) is 4.98 Å². The summed E-state index contributed by atoms with van der Waals surface area (Å²) in [5.74, 6) is 1.12. The minimum Gasteiger partial charge on any atom is -0.490 e. The summed E-state index contributed by atoms with van der Waals surface area (Å²) in [6.07, 6.45) is 5.03. The second-order valence-electron chi connectivity index (χ2n) is 4.18. The Bertz CT molecular complexity index is 555. The first-order valence-electron chi connectivity index (χ1n) is 6.58. The zero-order valence-corrected chi connectivity index (χ0v) is 11.4. The van der Waals surface area contributed by atoms with Crippen molar-refractivity contribution in [3.8, 4) is 11.5 Å². The van der Waals surface area contributed by atoms with Crippen LogP contribution in [0.2, 0.25) is 0 Å². The van der Waals surface area contributed by atoms with E-state index in [0.29, 0.717) is 30.3 Å². The molecule has 0 aliphatic carbocycles. The van der Waals surface area contributed by atoms with Crippen molar-refractivity contribution in [2.45, 2.75) is 13.3 Å². The van der Waals surface area contributed by atoms with Gasteiger partial charge in [0.25, 0.3) is 0 Å². The standard InChI is InChI=1S/C16H17NO3/c1-2-19-15-5-3-4-14(12-18)16(15)20-11-8-13-6-9-17-10-7-13/h3-7,9-10,12H,2,8,11H2,1H3. The third-order valence-corrected chi connectivity index (χ3v) is 2.82. The van der Waals surface area contributed by atoms with E-state index in [1.54, 1.807) is 30.6 Å². The molecule has 0 saturated carbocycles. The van der Waals surface area contributed by atoms with Gasteiger partial charge in [-0.25, -0.2) is 0 Å². The molecule has 2 aromatic rings. The molecule has 0 aliphatic rings. The number of benzene rings is 1. The number of rotatable bonds is 7. The van der Waals surface area contributed by atoms with Crippen molar-refractivity contribution >= 4 is 6.29 Å². The highest BCUT2D eigenvalue weighted by Gasteiger charge is 2.10. The van der Waals surface area contributed by atoms with Crippen LogP contribution in [-0.4, -0.2) is 24.5 Å². The van der Waals surface area contributed by atoms with Crippen molar-refractivity contribution in [2.75, 3.05) is 13.2 Å². The number of carbonyl (C=O) groups excluding carboxylic acids is 1. The Hall–Kier alpha value is -2.36. The summed E-state index contributed by atoms with van der Waals surface area (Å²) in [6, 6.07) is 9.19. The summed E-state index contributed by atoms with van der Waals surface area (Å²) in [4.78, 5) is 15.0. The Labute approximate surface area is 118 Å². The van der Waals surface area contributed by atoms with Gasteiger partial charge in [-0.15, -0.1) is 0 Å². The van der Waals surface area contributed by atoms with Crippen LogP contribution in [0.3, 0.4) is 0 Å².